The minimum Gasteiger partial charge on any atom is -0.469 e. The van der Waals surface area contributed by atoms with Crippen molar-refractivity contribution in [1.29, 1.82) is 0 Å². The Kier molecular flexibility index (Phi) is 5.87. The zero-order valence-electron chi connectivity index (χ0n) is 10.8. The summed E-state index contributed by atoms with van der Waals surface area (Å²) < 4.78 is 31.7. The lowest BCUT2D eigenvalue weighted by Crippen LogP contribution is -2.18. The van der Waals surface area contributed by atoms with Crippen molar-refractivity contribution >= 4 is 21.9 Å². The fourth-order valence-corrected chi connectivity index (χ4v) is 2.15. The number of rotatable bonds is 5. The molecule has 2 unspecified atom stereocenters. The van der Waals surface area contributed by atoms with Crippen LogP contribution < -0.4 is 5.73 Å². The molecule has 0 spiro atoms. The molecule has 0 saturated carbocycles. The van der Waals surface area contributed by atoms with Gasteiger partial charge in [-0.15, -0.1) is 0 Å². The molecule has 2 atom stereocenters. The maximum absolute atomic E-state index is 13.7. The molecule has 1 aromatic rings. The summed E-state index contributed by atoms with van der Waals surface area (Å²) in [6.45, 7) is 1.81. The molecule has 0 saturated heterocycles. The second kappa shape index (κ2) is 6.96. The van der Waals surface area contributed by atoms with Crippen molar-refractivity contribution in [2.45, 2.75) is 25.8 Å². The van der Waals surface area contributed by atoms with Crippen LogP contribution in [0.3, 0.4) is 0 Å². The van der Waals surface area contributed by atoms with Crippen LogP contribution in [-0.4, -0.2) is 13.1 Å². The number of benzene rings is 1. The number of carbonyl (C=O) groups excluding carboxylic acids is 1. The smallest absolute Gasteiger partial charge is 0.305 e. The lowest BCUT2D eigenvalue weighted by molar-refractivity contribution is -0.141. The van der Waals surface area contributed by atoms with E-state index in [4.69, 9.17) is 5.73 Å². The summed E-state index contributed by atoms with van der Waals surface area (Å²) in [5.41, 5.74) is 5.97. The number of halogens is 3. The largest absolute Gasteiger partial charge is 0.469 e. The molecular weight excluding hydrogens is 320 g/mol. The summed E-state index contributed by atoms with van der Waals surface area (Å²) in [7, 11) is 1.30. The first-order valence-corrected chi connectivity index (χ1v) is 6.61. The predicted molar refractivity (Wildman–Crippen MR) is 71.4 cm³/mol. The molecule has 1 aromatic carbocycles. The first-order chi connectivity index (χ1) is 8.85. The van der Waals surface area contributed by atoms with E-state index in [-0.39, 0.29) is 28.3 Å². The Labute approximate surface area is 119 Å². The van der Waals surface area contributed by atoms with Crippen LogP contribution in [0.4, 0.5) is 8.78 Å². The number of ether oxygens (including phenoxy) is 1. The number of carbonyl (C=O) groups is 1. The molecule has 0 radical (unpaired) electrons. The zero-order valence-corrected chi connectivity index (χ0v) is 12.3. The lowest BCUT2D eigenvalue weighted by atomic mass is 9.94. The van der Waals surface area contributed by atoms with Gasteiger partial charge in [0.25, 0.3) is 0 Å². The molecule has 0 aromatic heterocycles. The Bertz CT molecular complexity index is 468. The van der Waals surface area contributed by atoms with Crippen molar-refractivity contribution in [3.63, 3.8) is 0 Å². The molecular formula is C13H16BrF2NO2. The van der Waals surface area contributed by atoms with E-state index in [0.717, 1.165) is 12.1 Å². The van der Waals surface area contributed by atoms with Gasteiger partial charge in [-0.05, 0) is 40.4 Å². The predicted octanol–water partition coefficient (Wildman–Crippen LogP) is 3.32. The van der Waals surface area contributed by atoms with Crippen molar-refractivity contribution in [3.8, 4) is 0 Å². The summed E-state index contributed by atoms with van der Waals surface area (Å²) in [6, 6.07) is 1.46. The van der Waals surface area contributed by atoms with E-state index in [0.29, 0.717) is 6.42 Å². The first kappa shape index (κ1) is 16.0. The van der Waals surface area contributed by atoms with Crippen LogP contribution >= 0.6 is 15.9 Å². The zero-order chi connectivity index (χ0) is 14.6. The van der Waals surface area contributed by atoms with Gasteiger partial charge in [-0.3, -0.25) is 4.79 Å². The normalized spacial score (nSPS) is 14.0. The topological polar surface area (TPSA) is 52.3 Å². The summed E-state index contributed by atoms with van der Waals surface area (Å²) in [5, 5.41) is 0. The molecule has 0 aliphatic heterocycles. The fraction of sp³-hybridized carbons (Fsp3) is 0.462. The highest BCUT2D eigenvalue weighted by Gasteiger charge is 2.19. The van der Waals surface area contributed by atoms with E-state index >= 15 is 0 Å². The summed E-state index contributed by atoms with van der Waals surface area (Å²) in [5.74, 6) is -1.55. The average Bonchev–Trinajstić information content (AvgIpc) is 2.33. The van der Waals surface area contributed by atoms with Crippen LogP contribution in [0, 0.1) is 17.6 Å². The quantitative estimate of drug-likeness (QED) is 0.663. The Hall–Kier alpha value is -1.01. The second-order valence-electron chi connectivity index (χ2n) is 4.52. The standard InChI is InChI=1S/C13H16BrF2NO2/c1-7(4-13(18)19-2)3-12(17)8-5-11(16)9(14)6-10(8)15/h5-7,12H,3-4,17H2,1-2H3. The number of hydrogen-bond donors (Lipinski definition) is 1. The van der Waals surface area contributed by atoms with Gasteiger partial charge in [0.05, 0.1) is 11.6 Å². The summed E-state index contributed by atoms with van der Waals surface area (Å²) in [4.78, 5) is 11.1. The van der Waals surface area contributed by atoms with Crippen LogP contribution in [0.25, 0.3) is 0 Å². The van der Waals surface area contributed by atoms with Crippen molar-refractivity contribution < 1.29 is 18.3 Å². The van der Waals surface area contributed by atoms with Gasteiger partial charge in [0, 0.05) is 18.0 Å². The molecule has 106 valence electrons. The third kappa shape index (κ3) is 4.54. The molecule has 3 nitrogen and oxygen atoms in total. The maximum atomic E-state index is 13.7. The third-order valence-electron chi connectivity index (χ3n) is 2.84. The van der Waals surface area contributed by atoms with Crippen molar-refractivity contribution in [2.24, 2.45) is 11.7 Å². The van der Waals surface area contributed by atoms with Crippen molar-refractivity contribution in [2.75, 3.05) is 7.11 Å². The average molecular weight is 336 g/mol. The minimum atomic E-state index is -0.665. The summed E-state index contributed by atoms with van der Waals surface area (Å²) >= 11 is 2.91. The van der Waals surface area contributed by atoms with Gasteiger partial charge in [-0.1, -0.05) is 6.92 Å². The van der Waals surface area contributed by atoms with E-state index in [1.807, 2.05) is 6.92 Å². The molecule has 0 amide bonds. The van der Waals surface area contributed by atoms with Gasteiger partial charge in [-0.2, -0.15) is 0 Å². The number of hydrogen-bond acceptors (Lipinski definition) is 3. The van der Waals surface area contributed by atoms with Gasteiger partial charge < -0.3 is 10.5 Å². The number of nitrogens with two attached hydrogens (primary N) is 1. The maximum Gasteiger partial charge on any atom is 0.305 e. The first-order valence-electron chi connectivity index (χ1n) is 5.82. The number of esters is 1. The van der Waals surface area contributed by atoms with Crippen LogP contribution in [0.5, 0.6) is 0 Å². The third-order valence-corrected chi connectivity index (χ3v) is 3.45. The lowest BCUT2D eigenvalue weighted by Gasteiger charge is -2.17. The Morgan fingerprint density at radius 1 is 1.42 bits per heavy atom. The SMILES string of the molecule is COC(=O)CC(C)CC(N)c1cc(F)c(Br)cc1F. The molecule has 0 aliphatic rings. The monoisotopic (exact) mass is 335 g/mol. The van der Waals surface area contributed by atoms with Crippen LogP contribution in [0.2, 0.25) is 0 Å². The van der Waals surface area contributed by atoms with Gasteiger partial charge in [0.2, 0.25) is 0 Å². The minimum absolute atomic E-state index is 0.0589. The van der Waals surface area contributed by atoms with E-state index in [1.54, 1.807) is 0 Å². The van der Waals surface area contributed by atoms with Gasteiger partial charge in [-0.25, -0.2) is 8.78 Å². The van der Waals surface area contributed by atoms with E-state index in [2.05, 4.69) is 20.7 Å². The molecule has 0 aliphatic carbocycles. The van der Waals surface area contributed by atoms with Crippen LogP contribution in [-0.2, 0) is 9.53 Å². The van der Waals surface area contributed by atoms with Crippen molar-refractivity contribution in [3.05, 3.63) is 33.8 Å². The van der Waals surface area contributed by atoms with Gasteiger partial charge in [0.15, 0.2) is 0 Å². The number of methoxy groups -OCH3 is 1. The summed E-state index contributed by atoms with van der Waals surface area (Å²) in [6.07, 6.45) is 0.567. The molecule has 0 heterocycles. The highest BCUT2D eigenvalue weighted by Crippen LogP contribution is 2.27. The van der Waals surface area contributed by atoms with Gasteiger partial charge in [0.1, 0.15) is 11.6 Å². The van der Waals surface area contributed by atoms with E-state index in [9.17, 15) is 13.6 Å². The highest BCUT2D eigenvalue weighted by atomic mass is 79.9. The molecule has 2 N–H and O–H groups in total. The second-order valence-corrected chi connectivity index (χ2v) is 5.37. The van der Waals surface area contributed by atoms with Crippen LogP contribution in [0.1, 0.15) is 31.4 Å². The molecule has 0 bridgehead atoms. The molecule has 19 heavy (non-hydrogen) atoms. The van der Waals surface area contributed by atoms with E-state index < -0.39 is 17.7 Å². The molecule has 1 rings (SSSR count). The highest BCUT2D eigenvalue weighted by molar-refractivity contribution is 9.10. The van der Waals surface area contributed by atoms with E-state index in [1.165, 1.54) is 7.11 Å². The molecule has 6 heteroatoms. The van der Waals surface area contributed by atoms with Crippen LogP contribution in [0.15, 0.2) is 16.6 Å². The molecule has 0 fully saturated rings. The van der Waals surface area contributed by atoms with Crippen molar-refractivity contribution in [1.82, 2.24) is 0 Å². The Morgan fingerprint density at radius 3 is 2.63 bits per heavy atom. The Morgan fingerprint density at radius 2 is 2.05 bits per heavy atom. The van der Waals surface area contributed by atoms with Gasteiger partial charge >= 0.3 is 5.97 Å². The Balaban J connectivity index is 2.75. The fourth-order valence-electron chi connectivity index (χ4n) is 1.83.